The summed E-state index contributed by atoms with van der Waals surface area (Å²) in [6, 6.07) is 25.4. The Morgan fingerprint density at radius 3 is 2.58 bits per heavy atom. The molecule has 0 aliphatic rings. The van der Waals surface area contributed by atoms with Crippen LogP contribution < -0.4 is 5.48 Å². The number of imidazole rings is 1. The summed E-state index contributed by atoms with van der Waals surface area (Å²) in [6.45, 7) is -0.0293. The number of hydroxylamine groups is 1. The van der Waals surface area contributed by atoms with Gasteiger partial charge in [0.1, 0.15) is 5.82 Å². The van der Waals surface area contributed by atoms with Crippen LogP contribution >= 0.6 is 0 Å². The Morgan fingerprint density at radius 1 is 1.03 bits per heavy atom. The van der Waals surface area contributed by atoms with Crippen molar-refractivity contribution in [1.82, 2.24) is 15.0 Å². The minimum atomic E-state index is -0.596. The van der Waals surface area contributed by atoms with E-state index in [1.54, 1.807) is 11.6 Å². The van der Waals surface area contributed by atoms with Crippen LogP contribution in [0.4, 0.5) is 0 Å². The van der Waals surface area contributed by atoms with Gasteiger partial charge in [-0.3, -0.25) is 10.0 Å². The van der Waals surface area contributed by atoms with Crippen molar-refractivity contribution < 1.29 is 15.1 Å². The molecule has 3 N–H and O–H groups in total. The number of para-hydroxylation sites is 2. The zero-order valence-corrected chi connectivity index (χ0v) is 16.8. The molecule has 4 aromatic rings. The van der Waals surface area contributed by atoms with Gasteiger partial charge in [-0.2, -0.15) is 0 Å². The van der Waals surface area contributed by atoms with Crippen molar-refractivity contribution in [2.24, 2.45) is 0 Å². The quantitative estimate of drug-likeness (QED) is 0.243. The number of amides is 1. The summed E-state index contributed by atoms with van der Waals surface area (Å²) in [5, 5.41) is 19.0. The van der Waals surface area contributed by atoms with Crippen molar-refractivity contribution in [3.8, 4) is 11.4 Å². The average Bonchev–Trinajstić information content (AvgIpc) is 3.21. The summed E-state index contributed by atoms with van der Waals surface area (Å²) in [4.78, 5) is 16.2. The van der Waals surface area contributed by atoms with Gasteiger partial charge in [0.25, 0.3) is 5.91 Å². The monoisotopic (exact) mass is 413 g/mol. The van der Waals surface area contributed by atoms with Crippen molar-refractivity contribution in [3.05, 3.63) is 96.1 Å². The van der Waals surface area contributed by atoms with Crippen molar-refractivity contribution in [1.29, 1.82) is 0 Å². The number of hydrogen-bond donors (Lipinski definition) is 3. The van der Waals surface area contributed by atoms with Gasteiger partial charge in [0.05, 0.1) is 23.7 Å². The van der Waals surface area contributed by atoms with E-state index in [0.29, 0.717) is 6.42 Å². The molecule has 4 rings (SSSR count). The molecule has 1 amide bonds. The molecule has 1 atom stereocenters. The summed E-state index contributed by atoms with van der Waals surface area (Å²) in [7, 11) is 0. The lowest BCUT2D eigenvalue weighted by Gasteiger charge is -2.20. The van der Waals surface area contributed by atoms with Crippen molar-refractivity contribution >= 4 is 23.0 Å². The summed E-state index contributed by atoms with van der Waals surface area (Å²) in [5.74, 6) is 0.152. The lowest BCUT2D eigenvalue weighted by Crippen LogP contribution is -2.17. The van der Waals surface area contributed by atoms with Crippen molar-refractivity contribution in [2.45, 2.75) is 12.5 Å². The third-order valence-electron chi connectivity index (χ3n) is 5.17. The number of aliphatic hydroxyl groups excluding tert-OH is 1. The van der Waals surface area contributed by atoms with E-state index in [2.05, 4.69) is 16.7 Å². The molecule has 0 bridgehead atoms. The molecule has 0 aliphatic carbocycles. The van der Waals surface area contributed by atoms with E-state index < -0.39 is 5.91 Å². The van der Waals surface area contributed by atoms with Gasteiger partial charge in [0.15, 0.2) is 0 Å². The SMILES string of the molecule is O=C(C=Cc1cccc(-c2nc3ccccc3n2[C@H](CO)Cc2ccccc2)c1)NO. The molecule has 6 nitrogen and oxygen atoms in total. The van der Waals surface area contributed by atoms with E-state index in [0.717, 1.165) is 33.5 Å². The maximum absolute atomic E-state index is 11.3. The van der Waals surface area contributed by atoms with Crippen LogP contribution in [-0.4, -0.2) is 32.4 Å². The van der Waals surface area contributed by atoms with Gasteiger partial charge in [-0.25, -0.2) is 10.5 Å². The predicted octanol–water partition coefficient (Wildman–Crippen LogP) is 4.00. The number of carbonyl (C=O) groups is 1. The first-order chi connectivity index (χ1) is 15.2. The highest BCUT2D eigenvalue weighted by Gasteiger charge is 2.20. The molecule has 0 unspecified atom stereocenters. The van der Waals surface area contributed by atoms with Gasteiger partial charge in [0.2, 0.25) is 0 Å². The number of aromatic nitrogens is 2. The molecule has 0 saturated carbocycles. The smallest absolute Gasteiger partial charge is 0.267 e. The molecule has 6 heteroatoms. The number of aliphatic hydroxyl groups is 1. The van der Waals surface area contributed by atoms with Gasteiger partial charge in [-0.05, 0) is 41.8 Å². The summed E-state index contributed by atoms with van der Waals surface area (Å²) in [6.07, 6.45) is 3.55. The second kappa shape index (κ2) is 9.38. The second-order valence-corrected chi connectivity index (χ2v) is 7.26. The molecule has 0 radical (unpaired) electrons. The maximum Gasteiger partial charge on any atom is 0.267 e. The average molecular weight is 413 g/mol. The van der Waals surface area contributed by atoms with Crippen LogP contribution in [-0.2, 0) is 11.2 Å². The van der Waals surface area contributed by atoms with E-state index in [1.807, 2.05) is 66.7 Å². The van der Waals surface area contributed by atoms with Crippen molar-refractivity contribution in [3.63, 3.8) is 0 Å². The molecule has 0 spiro atoms. The van der Waals surface area contributed by atoms with E-state index in [1.165, 1.54) is 6.08 Å². The molecule has 1 aromatic heterocycles. The lowest BCUT2D eigenvalue weighted by atomic mass is 10.0. The van der Waals surface area contributed by atoms with Crippen LogP contribution in [0.2, 0.25) is 0 Å². The fourth-order valence-corrected chi connectivity index (χ4v) is 3.73. The van der Waals surface area contributed by atoms with Crippen LogP contribution in [0.5, 0.6) is 0 Å². The van der Waals surface area contributed by atoms with E-state index >= 15 is 0 Å². The zero-order valence-electron chi connectivity index (χ0n) is 16.8. The van der Waals surface area contributed by atoms with Crippen LogP contribution in [0.25, 0.3) is 28.5 Å². The van der Waals surface area contributed by atoms with Crippen LogP contribution in [0.1, 0.15) is 17.2 Å². The first kappa shape index (κ1) is 20.5. The topological polar surface area (TPSA) is 87.4 Å². The fourth-order valence-electron chi connectivity index (χ4n) is 3.73. The van der Waals surface area contributed by atoms with Gasteiger partial charge >= 0.3 is 0 Å². The van der Waals surface area contributed by atoms with Crippen LogP contribution in [0, 0.1) is 0 Å². The van der Waals surface area contributed by atoms with E-state index in [4.69, 9.17) is 10.2 Å². The van der Waals surface area contributed by atoms with Crippen LogP contribution in [0.15, 0.2) is 84.9 Å². The number of fused-ring (bicyclic) bond motifs is 1. The summed E-state index contributed by atoms with van der Waals surface area (Å²) in [5.41, 5.74) is 6.19. The Labute approximate surface area is 180 Å². The number of carbonyl (C=O) groups excluding carboxylic acids is 1. The number of hydrogen-bond acceptors (Lipinski definition) is 4. The fraction of sp³-hybridized carbons (Fsp3) is 0.120. The van der Waals surface area contributed by atoms with Gasteiger partial charge in [-0.15, -0.1) is 0 Å². The van der Waals surface area contributed by atoms with E-state index in [-0.39, 0.29) is 12.6 Å². The van der Waals surface area contributed by atoms with Gasteiger partial charge < -0.3 is 9.67 Å². The zero-order chi connectivity index (χ0) is 21.6. The molecule has 0 fully saturated rings. The Balaban J connectivity index is 1.80. The molecule has 0 saturated heterocycles. The first-order valence-corrected chi connectivity index (χ1v) is 10.0. The normalized spacial score (nSPS) is 12.3. The molecule has 3 aromatic carbocycles. The standard InChI is InChI=1S/C25H23N3O3/c29-17-21(16-18-7-2-1-3-8-18)28-23-12-5-4-11-22(23)26-25(28)20-10-6-9-19(15-20)13-14-24(30)27-31/h1-15,21,29,31H,16-17H2,(H,27,30)/t21-/m0/s1. The second-order valence-electron chi connectivity index (χ2n) is 7.26. The minimum Gasteiger partial charge on any atom is -0.394 e. The third-order valence-corrected chi connectivity index (χ3v) is 5.17. The predicted molar refractivity (Wildman–Crippen MR) is 120 cm³/mol. The number of nitrogens with one attached hydrogen (secondary N) is 1. The third kappa shape index (κ3) is 4.55. The Bertz CT molecular complexity index is 1220. The first-order valence-electron chi connectivity index (χ1n) is 10.0. The maximum atomic E-state index is 11.3. The molecule has 1 heterocycles. The van der Waals surface area contributed by atoms with Gasteiger partial charge in [-0.1, -0.05) is 60.7 Å². The Morgan fingerprint density at radius 2 is 1.81 bits per heavy atom. The molecular formula is C25H23N3O3. The summed E-state index contributed by atoms with van der Waals surface area (Å²) < 4.78 is 2.09. The Hall–Kier alpha value is -3.74. The molecular weight excluding hydrogens is 390 g/mol. The molecule has 31 heavy (non-hydrogen) atoms. The summed E-state index contributed by atoms with van der Waals surface area (Å²) >= 11 is 0. The number of rotatable bonds is 7. The minimum absolute atomic E-state index is 0.0293. The molecule has 0 aliphatic heterocycles. The highest BCUT2D eigenvalue weighted by Crippen LogP contribution is 2.30. The molecule has 156 valence electrons. The highest BCUT2D eigenvalue weighted by atomic mass is 16.5. The lowest BCUT2D eigenvalue weighted by molar-refractivity contribution is -0.124. The Kier molecular flexibility index (Phi) is 6.21. The van der Waals surface area contributed by atoms with Crippen LogP contribution in [0.3, 0.4) is 0 Å². The number of nitrogens with zero attached hydrogens (tertiary/aromatic N) is 2. The van der Waals surface area contributed by atoms with Crippen molar-refractivity contribution in [2.75, 3.05) is 6.61 Å². The van der Waals surface area contributed by atoms with E-state index in [9.17, 15) is 9.90 Å². The largest absolute Gasteiger partial charge is 0.394 e. The highest BCUT2D eigenvalue weighted by molar-refractivity contribution is 5.91. The number of benzene rings is 3. The van der Waals surface area contributed by atoms with Gasteiger partial charge in [0, 0.05) is 11.6 Å².